The molecule has 0 aromatic carbocycles. The lowest BCUT2D eigenvalue weighted by atomic mass is 10.2. The van der Waals surface area contributed by atoms with Crippen molar-refractivity contribution in [1.82, 2.24) is 9.78 Å². The van der Waals surface area contributed by atoms with Crippen LogP contribution >= 0.6 is 11.6 Å². The summed E-state index contributed by atoms with van der Waals surface area (Å²) in [6, 6.07) is 0.0820. The van der Waals surface area contributed by atoms with E-state index in [4.69, 9.17) is 22.1 Å². The van der Waals surface area contributed by atoms with Crippen LogP contribution in [0.25, 0.3) is 0 Å². The Morgan fingerprint density at radius 2 is 2.39 bits per heavy atom. The number of nitrogens with zero attached hydrogens (tertiary/aromatic N) is 2. The summed E-state index contributed by atoms with van der Waals surface area (Å²) in [4.78, 5) is 11.9. The highest BCUT2D eigenvalue weighted by molar-refractivity contribution is 6.32. The van der Waals surface area contributed by atoms with E-state index in [0.717, 1.165) is 6.42 Å². The van der Waals surface area contributed by atoms with E-state index in [0.29, 0.717) is 25.4 Å². The smallest absolute Gasteiger partial charge is 0.287 e. The maximum absolute atomic E-state index is 11.9. The Morgan fingerprint density at radius 3 is 2.94 bits per heavy atom. The minimum absolute atomic E-state index is 0.0820. The van der Waals surface area contributed by atoms with Crippen molar-refractivity contribution in [3.05, 3.63) is 21.6 Å². The van der Waals surface area contributed by atoms with Crippen LogP contribution in [0.4, 0.5) is 5.69 Å². The predicted molar refractivity (Wildman–Crippen MR) is 72.1 cm³/mol. The number of rotatable bonds is 7. The van der Waals surface area contributed by atoms with Gasteiger partial charge in [0.2, 0.25) is 0 Å². The second kappa shape index (κ2) is 7.35. The van der Waals surface area contributed by atoms with E-state index >= 15 is 0 Å². The largest absolute Gasteiger partial charge is 0.383 e. The maximum atomic E-state index is 11.9. The van der Waals surface area contributed by atoms with Gasteiger partial charge in [0, 0.05) is 19.7 Å². The summed E-state index contributed by atoms with van der Waals surface area (Å²) in [6.07, 6.45) is 2.39. The predicted octanol–water partition coefficient (Wildman–Crippen LogP) is 0.692. The highest BCUT2D eigenvalue weighted by atomic mass is 35.5. The fraction of sp³-hybridized carbons (Fsp3) is 0.636. The van der Waals surface area contributed by atoms with Crippen molar-refractivity contribution < 1.29 is 4.74 Å². The summed E-state index contributed by atoms with van der Waals surface area (Å²) >= 11 is 6.02. The van der Waals surface area contributed by atoms with E-state index < -0.39 is 0 Å². The van der Waals surface area contributed by atoms with Crippen LogP contribution in [-0.2, 0) is 11.3 Å². The van der Waals surface area contributed by atoms with Crippen molar-refractivity contribution in [2.45, 2.75) is 25.9 Å². The van der Waals surface area contributed by atoms with Gasteiger partial charge in [-0.05, 0) is 6.42 Å². The van der Waals surface area contributed by atoms with Crippen LogP contribution in [-0.4, -0.2) is 36.1 Å². The molecule has 0 aliphatic rings. The Kier molecular flexibility index (Phi) is 6.11. The second-order valence-electron chi connectivity index (χ2n) is 3.88. The molecule has 0 fully saturated rings. The summed E-state index contributed by atoms with van der Waals surface area (Å²) in [5, 5.41) is 7.27. The molecule has 0 saturated carbocycles. The first-order valence-electron chi connectivity index (χ1n) is 5.85. The van der Waals surface area contributed by atoms with E-state index in [9.17, 15) is 4.79 Å². The Labute approximate surface area is 111 Å². The molecular formula is C11H19ClN4O2. The number of nitrogens with two attached hydrogens (primary N) is 1. The molecule has 0 radical (unpaired) electrons. The lowest BCUT2D eigenvalue weighted by Gasteiger charge is -2.17. The number of ether oxygens (including phenoxy) is 1. The summed E-state index contributed by atoms with van der Waals surface area (Å²) in [7, 11) is 1.57. The van der Waals surface area contributed by atoms with Crippen molar-refractivity contribution >= 4 is 17.3 Å². The lowest BCUT2D eigenvalue weighted by Crippen LogP contribution is -2.31. The SMILES string of the molecule is CCC(CN)Nc1cnn(CCOC)c(=O)c1Cl. The first-order valence-corrected chi connectivity index (χ1v) is 6.23. The van der Waals surface area contributed by atoms with Crippen LogP contribution in [0.3, 0.4) is 0 Å². The van der Waals surface area contributed by atoms with Crippen LogP contribution in [0.15, 0.2) is 11.0 Å². The topological polar surface area (TPSA) is 82.2 Å². The molecule has 0 aliphatic heterocycles. The van der Waals surface area contributed by atoms with Crippen molar-refractivity contribution in [3.8, 4) is 0 Å². The quantitative estimate of drug-likeness (QED) is 0.765. The molecule has 7 heteroatoms. The fourth-order valence-electron chi connectivity index (χ4n) is 1.45. The number of aromatic nitrogens is 2. The Balaban J connectivity index is 2.90. The van der Waals surface area contributed by atoms with Gasteiger partial charge in [0.1, 0.15) is 5.02 Å². The van der Waals surface area contributed by atoms with E-state index in [2.05, 4.69) is 10.4 Å². The van der Waals surface area contributed by atoms with Gasteiger partial charge in [0.15, 0.2) is 0 Å². The minimum Gasteiger partial charge on any atom is -0.383 e. The van der Waals surface area contributed by atoms with Gasteiger partial charge in [-0.1, -0.05) is 18.5 Å². The van der Waals surface area contributed by atoms with Crippen molar-refractivity contribution in [2.24, 2.45) is 5.73 Å². The van der Waals surface area contributed by atoms with E-state index in [-0.39, 0.29) is 16.6 Å². The molecule has 1 heterocycles. The van der Waals surface area contributed by atoms with Gasteiger partial charge < -0.3 is 15.8 Å². The average molecular weight is 275 g/mol. The average Bonchev–Trinajstić information content (AvgIpc) is 2.39. The molecular weight excluding hydrogens is 256 g/mol. The number of anilines is 1. The van der Waals surface area contributed by atoms with Gasteiger partial charge in [-0.2, -0.15) is 5.10 Å². The third-order valence-corrected chi connectivity index (χ3v) is 2.99. The summed E-state index contributed by atoms with van der Waals surface area (Å²) in [5.41, 5.74) is 5.78. The monoisotopic (exact) mass is 274 g/mol. The molecule has 102 valence electrons. The number of halogens is 1. The lowest BCUT2D eigenvalue weighted by molar-refractivity contribution is 0.182. The van der Waals surface area contributed by atoms with Gasteiger partial charge >= 0.3 is 0 Å². The zero-order valence-corrected chi connectivity index (χ0v) is 11.4. The fourth-order valence-corrected chi connectivity index (χ4v) is 1.65. The summed E-state index contributed by atoms with van der Waals surface area (Å²) in [5.74, 6) is 0. The van der Waals surface area contributed by atoms with Crippen molar-refractivity contribution in [2.75, 3.05) is 25.6 Å². The van der Waals surface area contributed by atoms with Crippen LogP contribution in [0.2, 0.25) is 5.02 Å². The number of methoxy groups -OCH3 is 1. The third-order valence-electron chi connectivity index (χ3n) is 2.63. The Hall–Kier alpha value is -1.11. The van der Waals surface area contributed by atoms with E-state index in [1.807, 2.05) is 6.92 Å². The van der Waals surface area contributed by atoms with Gasteiger partial charge in [-0.3, -0.25) is 4.79 Å². The highest BCUT2D eigenvalue weighted by Crippen LogP contribution is 2.16. The van der Waals surface area contributed by atoms with Crippen molar-refractivity contribution in [1.29, 1.82) is 0 Å². The first-order chi connectivity index (χ1) is 8.63. The molecule has 1 aromatic rings. The molecule has 1 atom stereocenters. The van der Waals surface area contributed by atoms with Crippen LogP contribution < -0.4 is 16.6 Å². The number of hydrogen-bond acceptors (Lipinski definition) is 5. The molecule has 1 rings (SSSR count). The molecule has 0 amide bonds. The molecule has 0 saturated heterocycles. The number of nitrogens with one attached hydrogen (secondary N) is 1. The summed E-state index contributed by atoms with van der Waals surface area (Å²) in [6.45, 7) is 3.27. The van der Waals surface area contributed by atoms with Crippen LogP contribution in [0, 0.1) is 0 Å². The highest BCUT2D eigenvalue weighted by Gasteiger charge is 2.11. The maximum Gasteiger partial charge on any atom is 0.287 e. The Morgan fingerprint density at radius 1 is 1.67 bits per heavy atom. The molecule has 18 heavy (non-hydrogen) atoms. The normalized spacial score (nSPS) is 12.4. The van der Waals surface area contributed by atoms with E-state index in [1.54, 1.807) is 7.11 Å². The molecule has 6 nitrogen and oxygen atoms in total. The molecule has 0 spiro atoms. The van der Waals surface area contributed by atoms with Crippen molar-refractivity contribution in [3.63, 3.8) is 0 Å². The third kappa shape index (κ3) is 3.69. The van der Waals surface area contributed by atoms with Gasteiger partial charge in [0.05, 0.1) is 25.0 Å². The molecule has 3 N–H and O–H groups in total. The minimum atomic E-state index is -0.328. The first kappa shape index (κ1) is 14.9. The summed E-state index contributed by atoms with van der Waals surface area (Å²) < 4.78 is 6.17. The number of hydrogen-bond donors (Lipinski definition) is 2. The zero-order valence-electron chi connectivity index (χ0n) is 10.6. The van der Waals surface area contributed by atoms with Crippen LogP contribution in [0.5, 0.6) is 0 Å². The van der Waals surface area contributed by atoms with Gasteiger partial charge in [-0.15, -0.1) is 0 Å². The molecule has 1 aromatic heterocycles. The second-order valence-corrected chi connectivity index (χ2v) is 4.26. The molecule has 0 aliphatic carbocycles. The van der Waals surface area contributed by atoms with E-state index in [1.165, 1.54) is 10.9 Å². The zero-order chi connectivity index (χ0) is 13.5. The standard InChI is InChI=1S/C11H19ClN4O2/c1-3-8(6-13)15-9-7-14-16(4-5-18-2)11(17)10(9)12/h7-8,15H,3-6,13H2,1-2H3. The Bertz CT molecular complexity index is 432. The van der Waals surface area contributed by atoms with Gasteiger partial charge in [-0.25, -0.2) is 4.68 Å². The molecule has 1 unspecified atom stereocenters. The molecule has 0 bridgehead atoms. The van der Waals surface area contributed by atoms with Gasteiger partial charge in [0.25, 0.3) is 5.56 Å². The van der Waals surface area contributed by atoms with Crippen LogP contribution in [0.1, 0.15) is 13.3 Å².